The second-order valence-electron chi connectivity index (χ2n) is 4.49. The molecule has 0 saturated heterocycles. The molecule has 2 N–H and O–H groups in total. The molecule has 1 aromatic rings. The van der Waals surface area contributed by atoms with Crippen molar-refractivity contribution in [3.8, 4) is 0 Å². The van der Waals surface area contributed by atoms with Gasteiger partial charge in [0.25, 0.3) is 5.91 Å². The number of hydrogen-bond acceptors (Lipinski definition) is 2. The predicted molar refractivity (Wildman–Crippen MR) is 65.2 cm³/mol. The number of hydrogen-bond donors (Lipinski definition) is 2. The number of amides is 1. The second kappa shape index (κ2) is 5.52. The number of carbonyl (C=O) groups is 2. The first kappa shape index (κ1) is 16.0. The molecule has 0 heterocycles. The number of nitrogens with one attached hydrogen (secondary N) is 1. The summed E-state index contributed by atoms with van der Waals surface area (Å²) in [4.78, 5) is 23.0. The summed E-state index contributed by atoms with van der Waals surface area (Å²) in [6.45, 7) is 2.76. The van der Waals surface area contributed by atoms with Crippen LogP contribution in [0.5, 0.6) is 0 Å². The first-order valence-corrected chi connectivity index (χ1v) is 5.84. The lowest BCUT2D eigenvalue weighted by Gasteiger charge is -2.25. The molecule has 0 radical (unpaired) electrons. The van der Waals surface area contributed by atoms with Crippen LogP contribution in [0.1, 0.15) is 36.2 Å². The maximum Gasteiger partial charge on any atom is 0.417 e. The fourth-order valence-corrected chi connectivity index (χ4v) is 1.54. The molecule has 4 nitrogen and oxygen atoms in total. The van der Waals surface area contributed by atoms with Crippen LogP contribution in [0.25, 0.3) is 0 Å². The van der Waals surface area contributed by atoms with Crippen molar-refractivity contribution in [3.63, 3.8) is 0 Å². The number of carbonyl (C=O) groups excluding carboxylic acids is 1. The predicted octanol–water partition coefficient (Wildman–Crippen LogP) is 2.69. The number of carboxylic acid groups (broad SMARTS) is 1. The summed E-state index contributed by atoms with van der Waals surface area (Å²) in [6.07, 6.45) is -4.64. The third-order valence-corrected chi connectivity index (χ3v) is 3.05. The molecule has 0 bridgehead atoms. The fraction of sp³-hybridized carbons (Fsp3) is 0.385. The van der Waals surface area contributed by atoms with E-state index in [9.17, 15) is 22.8 Å². The van der Waals surface area contributed by atoms with Crippen LogP contribution in [0.2, 0.25) is 0 Å². The van der Waals surface area contributed by atoms with Gasteiger partial charge in [-0.3, -0.25) is 4.79 Å². The van der Waals surface area contributed by atoms with Crippen molar-refractivity contribution in [3.05, 3.63) is 35.4 Å². The van der Waals surface area contributed by atoms with Gasteiger partial charge >= 0.3 is 12.1 Å². The summed E-state index contributed by atoms with van der Waals surface area (Å²) < 4.78 is 38.4. The van der Waals surface area contributed by atoms with Gasteiger partial charge in [-0.2, -0.15) is 13.2 Å². The monoisotopic (exact) mass is 289 g/mol. The number of halogens is 3. The zero-order valence-corrected chi connectivity index (χ0v) is 10.9. The highest BCUT2D eigenvalue weighted by Gasteiger charge is 2.38. The van der Waals surface area contributed by atoms with Gasteiger partial charge in [0.05, 0.1) is 11.1 Å². The van der Waals surface area contributed by atoms with Crippen molar-refractivity contribution in [1.82, 2.24) is 5.32 Å². The van der Waals surface area contributed by atoms with Gasteiger partial charge in [0.15, 0.2) is 0 Å². The van der Waals surface area contributed by atoms with Crippen LogP contribution < -0.4 is 5.32 Å². The molecule has 1 atom stereocenters. The molecule has 0 aliphatic rings. The number of alkyl halides is 3. The summed E-state index contributed by atoms with van der Waals surface area (Å²) in [5.74, 6) is -2.37. The van der Waals surface area contributed by atoms with Crippen LogP contribution in [0, 0.1) is 0 Å². The van der Waals surface area contributed by atoms with Gasteiger partial charge < -0.3 is 10.4 Å². The highest BCUT2D eigenvalue weighted by atomic mass is 19.4. The Bertz CT molecular complexity index is 528. The van der Waals surface area contributed by atoms with Crippen LogP contribution in [0.15, 0.2) is 24.3 Å². The Morgan fingerprint density at radius 3 is 2.25 bits per heavy atom. The zero-order valence-electron chi connectivity index (χ0n) is 10.9. The summed E-state index contributed by atoms with van der Waals surface area (Å²) in [7, 11) is 0. The Kier molecular flexibility index (Phi) is 4.42. The van der Waals surface area contributed by atoms with E-state index in [1.807, 2.05) is 0 Å². The van der Waals surface area contributed by atoms with E-state index in [2.05, 4.69) is 5.32 Å². The maximum atomic E-state index is 12.8. The molecule has 0 fully saturated rings. The molecule has 0 aliphatic carbocycles. The van der Waals surface area contributed by atoms with E-state index >= 15 is 0 Å². The standard InChI is InChI=1S/C13H14F3NO3/c1-3-12(2,11(19)20)17-10(18)8-6-4-5-7-9(8)13(14,15)16/h4-7H,3H2,1-2H3,(H,17,18)(H,19,20). The average Bonchev–Trinajstić information content (AvgIpc) is 2.37. The number of benzene rings is 1. The Labute approximate surface area is 113 Å². The third-order valence-electron chi connectivity index (χ3n) is 3.05. The molecule has 0 aromatic heterocycles. The molecule has 110 valence electrons. The fourth-order valence-electron chi connectivity index (χ4n) is 1.54. The number of carboxylic acids is 1. The smallest absolute Gasteiger partial charge is 0.417 e. The highest BCUT2D eigenvalue weighted by Crippen LogP contribution is 2.32. The van der Waals surface area contributed by atoms with Gasteiger partial charge in [-0.1, -0.05) is 19.1 Å². The minimum atomic E-state index is -4.68. The van der Waals surface area contributed by atoms with Crippen molar-refractivity contribution in [2.45, 2.75) is 32.0 Å². The summed E-state index contributed by atoms with van der Waals surface area (Å²) in [5, 5.41) is 11.2. The summed E-state index contributed by atoms with van der Waals surface area (Å²) >= 11 is 0. The van der Waals surface area contributed by atoms with Crippen molar-refractivity contribution < 1.29 is 27.9 Å². The van der Waals surface area contributed by atoms with Crippen LogP contribution in [-0.4, -0.2) is 22.5 Å². The Balaban J connectivity index is 3.14. The van der Waals surface area contributed by atoms with Crippen LogP contribution >= 0.6 is 0 Å². The van der Waals surface area contributed by atoms with Gasteiger partial charge in [0.1, 0.15) is 5.54 Å². The van der Waals surface area contributed by atoms with E-state index in [4.69, 9.17) is 5.11 Å². The minimum Gasteiger partial charge on any atom is -0.480 e. The lowest BCUT2D eigenvalue weighted by Crippen LogP contribution is -2.52. The Hall–Kier alpha value is -2.05. The molecular weight excluding hydrogens is 275 g/mol. The van der Waals surface area contributed by atoms with Crippen molar-refractivity contribution in [2.24, 2.45) is 0 Å². The molecule has 1 amide bonds. The van der Waals surface area contributed by atoms with Crippen molar-refractivity contribution >= 4 is 11.9 Å². The van der Waals surface area contributed by atoms with E-state index in [1.165, 1.54) is 19.9 Å². The number of aliphatic carboxylic acids is 1. The molecule has 1 unspecified atom stereocenters. The zero-order chi connectivity index (χ0) is 15.6. The molecule has 1 rings (SSSR count). The maximum absolute atomic E-state index is 12.8. The molecular formula is C13H14F3NO3. The lowest BCUT2D eigenvalue weighted by molar-refractivity contribution is -0.143. The second-order valence-corrected chi connectivity index (χ2v) is 4.49. The van der Waals surface area contributed by atoms with Gasteiger partial charge in [-0.05, 0) is 25.5 Å². The van der Waals surface area contributed by atoms with E-state index in [-0.39, 0.29) is 6.42 Å². The molecule has 20 heavy (non-hydrogen) atoms. The third kappa shape index (κ3) is 3.28. The molecule has 0 saturated carbocycles. The molecule has 7 heteroatoms. The van der Waals surface area contributed by atoms with Crippen LogP contribution in [-0.2, 0) is 11.0 Å². The van der Waals surface area contributed by atoms with Crippen molar-refractivity contribution in [1.29, 1.82) is 0 Å². The summed E-state index contributed by atoms with van der Waals surface area (Å²) in [5.41, 5.74) is -3.31. The first-order valence-electron chi connectivity index (χ1n) is 5.84. The number of rotatable bonds is 4. The normalized spacial score (nSPS) is 14.4. The van der Waals surface area contributed by atoms with Gasteiger partial charge in [0.2, 0.25) is 0 Å². The van der Waals surface area contributed by atoms with Crippen LogP contribution in [0.4, 0.5) is 13.2 Å². The van der Waals surface area contributed by atoms with Gasteiger partial charge in [-0.15, -0.1) is 0 Å². The lowest BCUT2D eigenvalue weighted by atomic mass is 9.97. The van der Waals surface area contributed by atoms with Crippen molar-refractivity contribution in [2.75, 3.05) is 0 Å². The average molecular weight is 289 g/mol. The van der Waals surface area contributed by atoms with E-state index in [0.29, 0.717) is 0 Å². The van der Waals surface area contributed by atoms with Gasteiger partial charge in [-0.25, -0.2) is 4.79 Å². The molecule has 0 spiro atoms. The largest absolute Gasteiger partial charge is 0.480 e. The molecule has 0 aliphatic heterocycles. The quantitative estimate of drug-likeness (QED) is 0.895. The minimum absolute atomic E-state index is 0.0439. The highest BCUT2D eigenvalue weighted by molar-refractivity contribution is 5.99. The van der Waals surface area contributed by atoms with Gasteiger partial charge in [0, 0.05) is 0 Å². The van der Waals surface area contributed by atoms with E-state index < -0.39 is 34.7 Å². The SMILES string of the molecule is CCC(C)(NC(=O)c1ccccc1C(F)(F)F)C(=O)O. The first-order chi connectivity index (χ1) is 9.12. The van der Waals surface area contributed by atoms with E-state index in [0.717, 1.165) is 18.2 Å². The van der Waals surface area contributed by atoms with E-state index in [1.54, 1.807) is 0 Å². The topological polar surface area (TPSA) is 66.4 Å². The Morgan fingerprint density at radius 1 is 1.25 bits per heavy atom. The summed E-state index contributed by atoms with van der Waals surface area (Å²) in [6, 6.07) is 4.24. The van der Waals surface area contributed by atoms with Crippen LogP contribution in [0.3, 0.4) is 0 Å². The molecule has 1 aromatic carbocycles. The Morgan fingerprint density at radius 2 is 1.80 bits per heavy atom.